The fraction of sp³-hybridized carbons (Fsp3) is 0.0667. The first-order valence-corrected chi connectivity index (χ1v) is 5.88. The van der Waals surface area contributed by atoms with Crippen molar-refractivity contribution in [3.05, 3.63) is 59.4 Å². The summed E-state index contributed by atoms with van der Waals surface area (Å²) in [5.41, 5.74) is 1.66. The largest absolute Gasteiger partial charge is 0.322 e. The molecule has 1 N–H and O–H groups in total. The van der Waals surface area contributed by atoms with Crippen LogP contribution < -0.4 is 5.32 Å². The monoisotopic (exact) mass is 265 g/mol. The van der Waals surface area contributed by atoms with Gasteiger partial charge in [-0.05, 0) is 31.2 Å². The Labute approximate surface area is 115 Å². The number of hydrogen-bond donors (Lipinski definition) is 1. The van der Waals surface area contributed by atoms with Crippen molar-refractivity contribution in [2.24, 2.45) is 0 Å². The molecule has 0 aliphatic rings. The normalized spacial score (nSPS) is 9.60. The number of carbonyl (C=O) groups excluding carboxylic acids is 2. The zero-order valence-electron chi connectivity index (χ0n) is 10.8. The Bertz CT molecular complexity index is 700. The number of amides is 1. The molecule has 20 heavy (non-hydrogen) atoms. The molecule has 98 valence electrons. The molecule has 0 spiro atoms. The molecule has 1 amide bonds. The Morgan fingerprint density at radius 3 is 2.60 bits per heavy atom. The van der Waals surface area contributed by atoms with Crippen LogP contribution >= 0.6 is 0 Å². The van der Waals surface area contributed by atoms with Gasteiger partial charge in [0.25, 0.3) is 5.91 Å². The summed E-state index contributed by atoms with van der Waals surface area (Å²) in [6, 6.07) is 11.6. The Morgan fingerprint density at radius 2 is 2.00 bits per heavy atom. The van der Waals surface area contributed by atoms with Crippen molar-refractivity contribution in [2.45, 2.75) is 6.92 Å². The van der Waals surface area contributed by atoms with Crippen LogP contribution in [0.4, 0.5) is 5.69 Å². The molecular weight excluding hydrogens is 254 g/mol. The minimum absolute atomic E-state index is 0.0684. The zero-order chi connectivity index (χ0) is 14.5. The van der Waals surface area contributed by atoms with E-state index in [0.29, 0.717) is 16.8 Å². The second-order valence-corrected chi connectivity index (χ2v) is 4.14. The number of pyridine rings is 1. The molecule has 0 aliphatic heterocycles. The first-order chi connectivity index (χ1) is 9.60. The summed E-state index contributed by atoms with van der Waals surface area (Å²) in [6.45, 7) is 1.46. The molecule has 0 atom stereocenters. The van der Waals surface area contributed by atoms with E-state index in [2.05, 4.69) is 10.3 Å². The van der Waals surface area contributed by atoms with Crippen LogP contribution in [-0.2, 0) is 0 Å². The van der Waals surface area contributed by atoms with E-state index in [0.717, 1.165) is 0 Å². The molecule has 2 aromatic rings. The third-order valence-electron chi connectivity index (χ3n) is 2.67. The number of ketones is 1. The van der Waals surface area contributed by atoms with E-state index in [-0.39, 0.29) is 17.4 Å². The number of rotatable bonds is 3. The van der Waals surface area contributed by atoms with Crippen molar-refractivity contribution in [3.8, 4) is 6.07 Å². The molecule has 0 fully saturated rings. The third kappa shape index (κ3) is 3.06. The highest BCUT2D eigenvalue weighted by atomic mass is 16.1. The molecule has 1 heterocycles. The number of nitrogens with zero attached hydrogens (tertiary/aromatic N) is 2. The van der Waals surface area contributed by atoms with E-state index in [1.165, 1.54) is 25.3 Å². The highest BCUT2D eigenvalue weighted by Gasteiger charge is 2.08. The van der Waals surface area contributed by atoms with E-state index < -0.39 is 0 Å². The van der Waals surface area contributed by atoms with Gasteiger partial charge in [-0.2, -0.15) is 5.26 Å². The summed E-state index contributed by atoms with van der Waals surface area (Å²) in [4.78, 5) is 27.1. The van der Waals surface area contributed by atoms with Crippen molar-refractivity contribution in [1.29, 1.82) is 5.26 Å². The average molecular weight is 265 g/mol. The van der Waals surface area contributed by atoms with E-state index in [4.69, 9.17) is 5.26 Å². The molecule has 1 aromatic heterocycles. The standard InChI is InChI=1S/C15H11N3O2/c1-10(19)11-3-2-4-13(7-11)18-15(20)12-5-6-14(8-16)17-9-12/h2-7,9H,1H3,(H,18,20). The van der Waals surface area contributed by atoms with Gasteiger partial charge >= 0.3 is 0 Å². The fourth-order valence-electron chi connectivity index (χ4n) is 1.61. The lowest BCUT2D eigenvalue weighted by molar-refractivity contribution is 0.101. The van der Waals surface area contributed by atoms with Gasteiger partial charge in [-0.1, -0.05) is 12.1 Å². The van der Waals surface area contributed by atoms with Gasteiger partial charge in [-0.3, -0.25) is 9.59 Å². The van der Waals surface area contributed by atoms with Gasteiger partial charge in [-0.25, -0.2) is 4.98 Å². The maximum atomic E-state index is 12.0. The molecular formula is C15H11N3O2. The van der Waals surface area contributed by atoms with Crippen molar-refractivity contribution < 1.29 is 9.59 Å². The predicted octanol–water partition coefficient (Wildman–Crippen LogP) is 2.41. The van der Waals surface area contributed by atoms with Crippen LogP contribution in [0.15, 0.2) is 42.6 Å². The summed E-state index contributed by atoms with van der Waals surface area (Å²) >= 11 is 0. The summed E-state index contributed by atoms with van der Waals surface area (Å²) in [5.74, 6) is -0.413. The number of Topliss-reactive ketones (excluding diaryl/α,β-unsaturated/α-hetero) is 1. The fourth-order valence-corrected chi connectivity index (χ4v) is 1.61. The van der Waals surface area contributed by atoms with E-state index in [1.807, 2.05) is 6.07 Å². The van der Waals surface area contributed by atoms with Crippen molar-refractivity contribution in [2.75, 3.05) is 5.32 Å². The van der Waals surface area contributed by atoms with Crippen molar-refractivity contribution in [3.63, 3.8) is 0 Å². The molecule has 0 radical (unpaired) electrons. The first-order valence-electron chi connectivity index (χ1n) is 5.88. The Kier molecular flexibility index (Phi) is 3.87. The summed E-state index contributed by atoms with van der Waals surface area (Å²) in [7, 11) is 0. The van der Waals surface area contributed by atoms with Crippen LogP contribution in [0.2, 0.25) is 0 Å². The molecule has 0 aliphatic carbocycles. The summed E-state index contributed by atoms with van der Waals surface area (Å²) < 4.78 is 0. The van der Waals surface area contributed by atoms with Gasteiger partial charge in [0.05, 0.1) is 5.56 Å². The van der Waals surface area contributed by atoms with Gasteiger partial charge in [0, 0.05) is 17.4 Å². The molecule has 0 saturated heterocycles. The Hall–Kier alpha value is -3.00. The predicted molar refractivity (Wildman–Crippen MR) is 73.4 cm³/mol. The van der Waals surface area contributed by atoms with Crippen molar-refractivity contribution in [1.82, 2.24) is 4.98 Å². The number of aromatic nitrogens is 1. The first kappa shape index (κ1) is 13.4. The lowest BCUT2D eigenvalue weighted by atomic mass is 10.1. The van der Waals surface area contributed by atoms with E-state index in [9.17, 15) is 9.59 Å². The minimum atomic E-state index is -0.345. The van der Waals surface area contributed by atoms with Crippen LogP contribution in [0, 0.1) is 11.3 Å². The van der Waals surface area contributed by atoms with E-state index in [1.54, 1.807) is 24.3 Å². The highest BCUT2D eigenvalue weighted by molar-refractivity contribution is 6.04. The van der Waals surface area contributed by atoms with Gasteiger partial charge in [0.1, 0.15) is 11.8 Å². The van der Waals surface area contributed by atoms with Gasteiger partial charge in [-0.15, -0.1) is 0 Å². The quantitative estimate of drug-likeness (QED) is 0.864. The third-order valence-corrected chi connectivity index (χ3v) is 2.67. The number of anilines is 1. The maximum Gasteiger partial charge on any atom is 0.257 e. The van der Waals surface area contributed by atoms with Gasteiger partial charge in [0.2, 0.25) is 0 Å². The second kappa shape index (κ2) is 5.76. The topological polar surface area (TPSA) is 82.9 Å². The molecule has 5 nitrogen and oxygen atoms in total. The van der Waals surface area contributed by atoms with Crippen LogP contribution in [0.5, 0.6) is 0 Å². The lowest BCUT2D eigenvalue weighted by Crippen LogP contribution is -2.12. The highest BCUT2D eigenvalue weighted by Crippen LogP contribution is 2.12. The van der Waals surface area contributed by atoms with Crippen LogP contribution in [0.25, 0.3) is 0 Å². The maximum absolute atomic E-state index is 12.0. The number of nitrogens with one attached hydrogen (secondary N) is 1. The molecule has 5 heteroatoms. The van der Waals surface area contributed by atoms with Crippen LogP contribution in [0.3, 0.4) is 0 Å². The summed E-state index contributed by atoms with van der Waals surface area (Å²) in [5, 5.41) is 11.3. The van der Waals surface area contributed by atoms with E-state index >= 15 is 0 Å². The number of carbonyl (C=O) groups is 2. The molecule has 0 bridgehead atoms. The van der Waals surface area contributed by atoms with Crippen molar-refractivity contribution >= 4 is 17.4 Å². The number of nitriles is 1. The van der Waals surface area contributed by atoms with Gasteiger partial charge < -0.3 is 5.32 Å². The summed E-state index contributed by atoms with van der Waals surface area (Å²) in [6.07, 6.45) is 1.34. The van der Waals surface area contributed by atoms with Crippen LogP contribution in [-0.4, -0.2) is 16.7 Å². The molecule has 0 unspecified atom stereocenters. The molecule has 0 saturated carbocycles. The number of hydrogen-bond acceptors (Lipinski definition) is 4. The smallest absolute Gasteiger partial charge is 0.257 e. The lowest BCUT2D eigenvalue weighted by Gasteiger charge is -2.06. The number of benzene rings is 1. The Balaban J connectivity index is 2.17. The molecule has 2 rings (SSSR count). The van der Waals surface area contributed by atoms with Crippen LogP contribution in [0.1, 0.15) is 33.3 Å². The SMILES string of the molecule is CC(=O)c1cccc(NC(=O)c2ccc(C#N)nc2)c1. The average Bonchev–Trinajstić information content (AvgIpc) is 2.47. The van der Waals surface area contributed by atoms with Gasteiger partial charge in [0.15, 0.2) is 5.78 Å². The Morgan fingerprint density at radius 1 is 1.20 bits per heavy atom. The minimum Gasteiger partial charge on any atom is -0.322 e. The zero-order valence-corrected chi connectivity index (χ0v) is 10.8. The second-order valence-electron chi connectivity index (χ2n) is 4.14. The molecule has 1 aromatic carbocycles.